The summed E-state index contributed by atoms with van der Waals surface area (Å²) in [6.07, 6.45) is 3.67. The zero-order valence-electron chi connectivity index (χ0n) is 18.0. The number of nitrogens with one attached hydrogen (secondary N) is 1. The number of benzene rings is 1. The third kappa shape index (κ3) is 4.78. The summed E-state index contributed by atoms with van der Waals surface area (Å²) < 4.78 is 7.44. The molecule has 3 aromatic heterocycles. The van der Waals surface area contributed by atoms with Crippen molar-refractivity contribution in [2.75, 3.05) is 19.4 Å². The Kier molecular flexibility index (Phi) is 7.06. The van der Waals surface area contributed by atoms with Crippen LogP contribution in [0.5, 0.6) is 5.75 Å². The molecule has 0 fully saturated rings. The number of rotatable bonds is 9. The van der Waals surface area contributed by atoms with E-state index in [0.29, 0.717) is 28.5 Å². The lowest BCUT2D eigenvalue weighted by atomic mass is 10.2. The Labute approximate surface area is 193 Å². The van der Waals surface area contributed by atoms with Gasteiger partial charge < -0.3 is 10.1 Å². The smallest absolute Gasteiger partial charge is 0.272 e. The first-order valence-corrected chi connectivity index (χ1v) is 12.2. The molecule has 166 valence electrons. The summed E-state index contributed by atoms with van der Waals surface area (Å²) in [6.45, 7) is 3.09. The Bertz CT molecular complexity index is 1300. The number of hydrogen-bond acceptors (Lipinski definition) is 7. The highest BCUT2D eigenvalue weighted by Crippen LogP contribution is 2.30. The predicted octanol–water partition coefficient (Wildman–Crippen LogP) is 4.07. The van der Waals surface area contributed by atoms with Gasteiger partial charge in [0.2, 0.25) is 5.91 Å². The molecule has 4 aromatic rings. The highest BCUT2D eigenvalue weighted by molar-refractivity contribution is 7.99. The number of fused-ring (bicyclic) bond motifs is 3. The molecule has 0 aliphatic carbocycles. The number of unbranched alkanes of at least 4 members (excludes halogenated alkanes) is 1. The van der Waals surface area contributed by atoms with Gasteiger partial charge in [-0.25, -0.2) is 9.97 Å². The van der Waals surface area contributed by atoms with Crippen LogP contribution in [0.4, 0.5) is 0 Å². The van der Waals surface area contributed by atoms with Crippen molar-refractivity contribution in [1.29, 1.82) is 0 Å². The topological polar surface area (TPSA) is 86.1 Å². The fraction of sp³-hybridized carbons (Fsp3) is 0.304. The quantitative estimate of drug-likeness (QED) is 0.226. The molecule has 0 radical (unpaired) electrons. The summed E-state index contributed by atoms with van der Waals surface area (Å²) >= 11 is 2.63. The molecular formula is C23H24N4O3S2. The van der Waals surface area contributed by atoms with Gasteiger partial charge in [0.1, 0.15) is 15.3 Å². The second-order valence-corrected chi connectivity index (χ2v) is 9.20. The van der Waals surface area contributed by atoms with Gasteiger partial charge in [0, 0.05) is 18.1 Å². The number of thiophene rings is 1. The molecule has 9 heteroatoms. The minimum atomic E-state index is -0.122. The molecule has 0 aliphatic rings. The van der Waals surface area contributed by atoms with Crippen LogP contribution in [0.25, 0.3) is 20.4 Å². The molecule has 0 saturated heterocycles. The van der Waals surface area contributed by atoms with E-state index in [1.807, 2.05) is 36.4 Å². The minimum absolute atomic E-state index is 0.0642. The lowest BCUT2D eigenvalue weighted by Crippen LogP contribution is -2.27. The molecule has 1 amide bonds. The predicted molar refractivity (Wildman–Crippen MR) is 130 cm³/mol. The van der Waals surface area contributed by atoms with E-state index in [1.165, 1.54) is 23.1 Å². The Morgan fingerprint density at radius 1 is 1.25 bits per heavy atom. The van der Waals surface area contributed by atoms with E-state index in [0.717, 1.165) is 34.4 Å². The van der Waals surface area contributed by atoms with Crippen molar-refractivity contribution in [2.45, 2.75) is 31.5 Å². The highest BCUT2D eigenvalue weighted by atomic mass is 32.2. The largest absolute Gasteiger partial charge is 0.497 e. The van der Waals surface area contributed by atoms with E-state index < -0.39 is 0 Å². The summed E-state index contributed by atoms with van der Waals surface area (Å²) in [5, 5.41) is 4.29. The van der Waals surface area contributed by atoms with Crippen molar-refractivity contribution in [2.24, 2.45) is 0 Å². The number of nitrogens with zero attached hydrogens (tertiary/aromatic N) is 3. The number of amides is 1. The second-order valence-electron chi connectivity index (χ2n) is 7.26. The molecule has 1 aromatic carbocycles. The maximum absolute atomic E-state index is 13.5. The normalized spacial score (nSPS) is 11.2. The molecule has 7 nitrogen and oxygen atoms in total. The van der Waals surface area contributed by atoms with E-state index in [9.17, 15) is 9.59 Å². The third-order valence-corrected chi connectivity index (χ3v) is 7.07. The number of ether oxygens (including phenoxy) is 1. The summed E-state index contributed by atoms with van der Waals surface area (Å²) in [4.78, 5) is 35.7. The minimum Gasteiger partial charge on any atom is -0.497 e. The lowest BCUT2D eigenvalue weighted by Gasteiger charge is -2.12. The number of carbonyl (C=O) groups is 1. The summed E-state index contributed by atoms with van der Waals surface area (Å²) in [5.41, 5.74) is 1.47. The molecular weight excluding hydrogens is 444 g/mol. The number of pyridine rings is 1. The molecule has 0 saturated carbocycles. The van der Waals surface area contributed by atoms with Crippen molar-refractivity contribution >= 4 is 49.4 Å². The Hall–Kier alpha value is -2.91. The van der Waals surface area contributed by atoms with Crippen LogP contribution < -0.4 is 15.6 Å². The van der Waals surface area contributed by atoms with Gasteiger partial charge in [-0.05, 0) is 36.2 Å². The molecule has 0 aliphatic heterocycles. The second kappa shape index (κ2) is 10.1. The molecule has 32 heavy (non-hydrogen) atoms. The number of hydrogen-bond donors (Lipinski definition) is 1. The van der Waals surface area contributed by atoms with Crippen LogP contribution in [0, 0.1) is 0 Å². The van der Waals surface area contributed by atoms with Crippen LogP contribution in [0.2, 0.25) is 0 Å². The number of methoxy groups -OCH3 is 1. The number of aromatic nitrogens is 3. The van der Waals surface area contributed by atoms with Gasteiger partial charge in [-0.1, -0.05) is 37.2 Å². The van der Waals surface area contributed by atoms with Crippen molar-refractivity contribution in [3.8, 4) is 5.75 Å². The molecule has 0 atom stereocenters. The van der Waals surface area contributed by atoms with Gasteiger partial charge in [-0.3, -0.25) is 14.2 Å². The lowest BCUT2D eigenvalue weighted by molar-refractivity contribution is -0.118. The fourth-order valence-corrected chi connectivity index (χ4v) is 5.14. The van der Waals surface area contributed by atoms with E-state index in [-0.39, 0.29) is 17.2 Å². The van der Waals surface area contributed by atoms with Crippen LogP contribution >= 0.6 is 23.1 Å². The van der Waals surface area contributed by atoms with Crippen molar-refractivity contribution in [3.63, 3.8) is 0 Å². The maximum Gasteiger partial charge on any atom is 0.272 e. The number of thioether (sulfide) groups is 1. The average molecular weight is 469 g/mol. The molecule has 1 N–H and O–H groups in total. The first-order chi connectivity index (χ1) is 15.6. The summed E-state index contributed by atoms with van der Waals surface area (Å²) in [7, 11) is 1.62. The van der Waals surface area contributed by atoms with Crippen LogP contribution in [0.15, 0.2) is 52.5 Å². The molecule has 4 rings (SSSR count). The first kappa shape index (κ1) is 22.3. The van der Waals surface area contributed by atoms with Crippen LogP contribution in [-0.2, 0) is 11.3 Å². The summed E-state index contributed by atoms with van der Waals surface area (Å²) in [6, 6.07) is 11.3. The Morgan fingerprint density at radius 2 is 2.06 bits per heavy atom. The monoisotopic (exact) mass is 468 g/mol. The number of carbonyl (C=O) groups excluding carboxylic acids is 1. The van der Waals surface area contributed by atoms with Crippen molar-refractivity contribution in [1.82, 2.24) is 19.9 Å². The van der Waals surface area contributed by atoms with Crippen molar-refractivity contribution in [3.05, 3.63) is 58.5 Å². The van der Waals surface area contributed by atoms with Gasteiger partial charge >= 0.3 is 0 Å². The first-order valence-electron chi connectivity index (χ1n) is 10.4. The molecule has 0 bridgehead atoms. The fourth-order valence-electron chi connectivity index (χ4n) is 3.29. The SMILES string of the molecule is CCCCNC(=O)CSc1nc2c(sc3ncccc32)c(=O)n1Cc1ccc(OC)cc1. The average Bonchev–Trinajstić information content (AvgIpc) is 3.19. The summed E-state index contributed by atoms with van der Waals surface area (Å²) in [5.74, 6) is 0.888. The van der Waals surface area contributed by atoms with Gasteiger partial charge in [-0.15, -0.1) is 11.3 Å². The van der Waals surface area contributed by atoms with E-state index >= 15 is 0 Å². The van der Waals surface area contributed by atoms with E-state index in [2.05, 4.69) is 17.2 Å². The maximum atomic E-state index is 13.5. The Balaban J connectivity index is 1.71. The van der Waals surface area contributed by atoms with Gasteiger partial charge in [0.05, 0.1) is 24.9 Å². The van der Waals surface area contributed by atoms with Crippen LogP contribution in [-0.4, -0.2) is 39.8 Å². The molecule has 0 unspecified atom stereocenters. The molecule has 3 heterocycles. The standard InChI is InChI=1S/C23H24N4O3S2/c1-3-4-11-24-18(28)14-31-23-26-19-17-6-5-12-25-21(17)32-20(19)22(29)27(23)13-15-7-9-16(30-2)10-8-15/h5-10,12H,3-4,11,13-14H2,1-2H3,(H,24,28). The Morgan fingerprint density at radius 3 is 2.81 bits per heavy atom. The third-order valence-electron chi connectivity index (χ3n) is 5.00. The van der Waals surface area contributed by atoms with Gasteiger partial charge in [0.25, 0.3) is 5.56 Å². The van der Waals surface area contributed by atoms with Gasteiger partial charge in [0.15, 0.2) is 5.16 Å². The molecule has 0 spiro atoms. The van der Waals surface area contributed by atoms with Crippen LogP contribution in [0.3, 0.4) is 0 Å². The van der Waals surface area contributed by atoms with Crippen LogP contribution in [0.1, 0.15) is 25.3 Å². The zero-order valence-corrected chi connectivity index (χ0v) is 19.6. The van der Waals surface area contributed by atoms with E-state index in [4.69, 9.17) is 9.72 Å². The van der Waals surface area contributed by atoms with Gasteiger partial charge in [-0.2, -0.15) is 0 Å². The van der Waals surface area contributed by atoms with E-state index in [1.54, 1.807) is 17.9 Å². The highest BCUT2D eigenvalue weighted by Gasteiger charge is 2.18. The zero-order chi connectivity index (χ0) is 22.5. The van der Waals surface area contributed by atoms with Crippen molar-refractivity contribution < 1.29 is 9.53 Å².